The van der Waals surface area contributed by atoms with Gasteiger partial charge in [0.15, 0.2) is 23.7 Å². The number of phenolic OH excluding ortho intramolecular Hbond substituents is 1. The van der Waals surface area contributed by atoms with Crippen molar-refractivity contribution in [3.8, 4) is 11.5 Å². The summed E-state index contributed by atoms with van der Waals surface area (Å²) in [5.74, 6) is -2.87. The number of fused-ring (bicyclic) bond motifs is 1. The van der Waals surface area contributed by atoms with Crippen molar-refractivity contribution in [2.45, 2.75) is 75.3 Å². The van der Waals surface area contributed by atoms with E-state index in [-0.39, 0.29) is 29.7 Å². The molecule has 196 valence electrons. The molecule has 4 rings (SSSR count). The number of carbonyl (C=O) groups excluding carboxylic acids is 2. The summed E-state index contributed by atoms with van der Waals surface area (Å²) < 4.78 is 16.9. The van der Waals surface area contributed by atoms with E-state index in [1.54, 1.807) is 12.1 Å². The molecule has 0 saturated carbocycles. The first-order valence-corrected chi connectivity index (χ1v) is 11.9. The minimum absolute atomic E-state index is 0.0731. The lowest BCUT2D eigenvalue weighted by Crippen LogP contribution is -2.71. The highest BCUT2D eigenvalue weighted by Gasteiger charge is 2.69. The molecular formula is C25H32N2O9. The maximum absolute atomic E-state index is 12.9. The number of aliphatic carboxylic acids is 1. The highest BCUT2D eigenvalue weighted by Crippen LogP contribution is 2.62. The van der Waals surface area contributed by atoms with Crippen molar-refractivity contribution in [1.29, 1.82) is 0 Å². The van der Waals surface area contributed by atoms with Crippen LogP contribution >= 0.6 is 0 Å². The van der Waals surface area contributed by atoms with Crippen LogP contribution in [0.15, 0.2) is 24.0 Å². The van der Waals surface area contributed by atoms with Gasteiger partial charge < -0.3 is 40.2 Å². The molecule has 1 saturated heterocycles. The van der Waals surface area contributed by atoms with Crippen molar-refractivity contribution in [3.05, 3.63) is 35.1 Å². The van der Waals surface area contributed by atoms with Crippen LogP contribution in [-0.4, -0.2) is 81.6 Å². The molecule has 1 aliphatic carbocycles. The number of likely N-dealkylation sites (N-methyl/N-ethyl adjacent to an activating group) is 1. The molecule has 5 N–H and O–H groups in total. The Kier molecular flexibility index (Phi) is 6.52. The van der Waals surface area contributed by atoms with Crippen molar-refractivity contribution in [2.24, 2.45) is 5.73 Å². The molecule has 2 unspecified atom stereocenters. The van der Waals surface area contributed by atoms with E-state index in [1.165, 1.54) is 13.0 Å². The largest absolute Gasteiger partial charge is 0.504 e. The molecule has 0 aromatic heterocycles. The van der Waals surface area contributed by atoms with E-state index < -0.39 is 53.6 Å². The molecule has 36 heavy (non-hydrogen) atoms. The predicted octanol–water partition coefficient (Wildman–Crippen LogP) is 0.719. The van der Waals surface area contributed by atoms with E-state index in [2.05, 4.69) is 4.90 Å². The highest BCUT2D eigenvalue weighted by molar-refractivity contribution is 5.84. The number of benzene rings is 1. The van der Waals surface area contributed by atoms with Crippen LogP contribution in [0.3, 0.4) is 0 Å². The number of hydrogen-bond acceptors (Lipinski definition) is 10. The summed E-state index contributed by atoms with van der Waals surface area (Å²) in [4.78, 5) is 37.8. The number of nitrogens with two attached hydrogens (primary N) is 1. The van der Waals surface area contributed by atoms with Crippen molar-refractivity contribution in [3.63, 3.8) is 0 Å². The van der Waals surface area contributed by atoms with Crippen molar-refractivity contribution < 1.29 is 43.9 Å². The van der Waals surface area contributed by atoms with Crippen molar-refractivity contribution >= 4 is 17.9 Å². The van der Waals surface area contributed by atoms with E-state index in [0.29, 0.717) is 18.5 Å². The molecular weight excluding hydrogens is 472 g/mol. The van der Waals surface area contributed by atoms with Crippen LogP contribution in [0.5, 0.6) is 11.5 Å². The zero-order valence-corrected chi connectivity index (χ0v) is 20.7. The molecule has 2 aliphatic heterocycles. The number of aryl methyl sites for hydroxylation is 1. The Morgan fingerprint density at radius 3 is 2.69 bits per heavy atom. The van der Waals surface area contributed by atoms with Gasteiger partial charge in [0, 0.05) is 18.0 Å². The number of carbonyl (C=O) groups is 3. The molecule has 6 atom stereocenters. The van der Waals surface area contributed by atoms with Crippen LogP contribution in [0, 0.1) is 6.92 Å². The van der Waals surface area contributed by atoms with Crippen molar-refractivity contribution in [1.82, 2.24) is 4.90 Å². The van der Waals surface area contributed by atoms with Gasteiger partial charge in [-0.2, -0.15) is 0 Å². The standard InChI is InChI=1S/C25H32N2O9/c1-12-5-6-16(28)20-19(12)24-9-10-27(4)14(3)25(24,33)8-7-17(21(24)36-20)35-23(32)13(2)34-18(29)11-15(26)22(30)31/h5-7,13-15,21,28,33H,8-11,26H2,1-4H3,(H,30,31)/t13-,14+,15-,21?,24?,25+/m0/s1. The second-order valence-corrected chi connectivity index (χ2v) is 9.92. The Morgan fingerprint density at radius 2 is 2.03 bits per heavy atom. The number of aliphatic hydroxyl groups is 1. The third kappa shape index (κ3) is 3.82. The van der Waals surface area contributed by atoms with Gasteiger partial charge >= 0.3 is 17.9 Å². The van der Waals surface area contributed by atoms with Gasteiger partial charge in [0.05, 0.1) is 17.4 Å². The number of nitrogens with zero attached hydrogens (tertiary/aromatic N) is 1. The zero-order chi connectivity index (χ0) is 26.6. The Hall–Kier alpha value is -3.15. The highest BCUT2D eigenvalue weighted by atomic mass is 16.6. The first kappa shape index (κ1) is 25.9. The van der Waals surface area contributed by atoms with Gasteiger partial charge in [0.1, 0.15) is 11.8 Å². The molecule has 1 spiro atoms. The fourth-order valence-electron chi connectivity index (χ4n) is 5.76. The fourth-order valence-corrected chi connectivity index (χ4v) is 5.76. The molecule has 3 aliphatic rings. The molecule has 2 heterocycles. The molecule has 11 heteroatoms. The molecule has 1 fully saturated rings. The smallest absolute Gasteiger partial charge is 0.352 e. The summed E-state index contributed by atoms with van der Waals surface area (Å²) >= 11 is 0. The second-order valence-electron chi connectivity index (χ2n) is 9.92. The normalized spacial score (nSPS) is 30.6. The van der Waals surface area contributed by atoms with Gasteiger partial charge in [-0.15, -0.1) is 0 Å². The van der Waals surface area contributed by atoms with Gasteiger partial charge in [-0.3, -0.25) is 9.59 Å². The number of phenols is 1. The summed E-state index contributed by atoms with van der Waals surface area (Å²) in [6, 6.07) is 1.58. The first-order chi connectivity index (χ1) is 16.8. The zero-order valence-electron chi connectivity index (χ0n) is 20.7. The van der Waals surface area contributed by atoms with Gasteiger partial charge in [0.25, 0.3) is 0 Å². The minimum atomic E-state index is -1.45. The maximum Gasteiger partial charge on any atom is 0.352 e. The Labute approximate surface area is 208 Å². The molecule has 11 nitrogen and oxygen atoms in total. The summed E-state index contributed by atoms with van der Waals surface area (Å²) in [6.45, 7) is 5.76. The van der Waals surface area contributed by atoms with Crippen LogP contribution in [0.25, 0.3) is 0 Å². The third-order valence-electron chi connectivity index (χ3n) is 7.89. The average molecular weight is 505 g/mol. The van der Waals surface area contributed by atoms with E-state index in [0.717, 1.165) is 5.56 Å². The Morgan fingerprint density at radius 1 is 1.33 bits per heavy atom. The summed E-state index contributed by atoms with van der Waals surface area (Å²) in [5.41, 5.74) is 4.61. The molecule has 1 aromatic rings. The number of rotatable bonds is 6. The number of ether oxygens (including phenoxy) is 3. The number of likely N-dealkylation sites (tertiary alicyclic amines) is 1. The minimum Gasteiger partial charge on any atom is -0.504 e. The third-order valence-corrected chi connectivity index (χ3v) is 7.89. The van der Waals surface area contributed by atoms with Gasteiger partial charge in [-0.25, -0.2) is 4.79 Å². The topological polar surface area (TPSA) is 169 Å². The van der Waals surface area contributed by atoms with E-state index in [1.807, 2.05) is 20.9 Å². The van der Waals surface area contributed by atoms with Crippen LogP contribution < -0.4 is 10.5 Å². The molecule has 0 amide bonds. The summed E-state index contributed by atoms with van der Waals surface area (Å²) in [5, 5.41) is 31.6. The van der Waals surface area contributed by atoms with Gasteiger partial charge in [-0.05, 0) is 58.5 Å². The van der Waals surface area contributed by atoms with Gasteiger partial charge in [-0.1, -0.05) is 6.07 Å². The van der Waals surface area contributed by atoms with E-state index in [9.17, 15) is 24.6 Å². The van der Waals surface area contributed by atoms with Crippen LogP contribution in [0.4, 0.5) is 0 Å². The predicted molar refractivity (Wildman–Crippen MR) is 125 cm³/mol. The second kappa shape index (κ2) is 9.06. The Balaban J connectivity index is 1.64. The van der Waals surface area contributed by atoms with E-state index >= 15 is 0 Å². The number of carboxylic acids is 1. The Bertz CT molecular complexity index is 1130. The first-order valence-electron chi connectivity index (χ1n) is 11.9. The van der Waals surface area contributed by atoms with E-state index in [4.69, 9.17) is 25.1 Å². The SMILES string of the molecule is Cc1ccc(O)c2c1C13CCN(C)[C@H](C)[C@]1(O)CC=C(OC(=O)[C@H](C)OC(=O)C[C@H](N)C(=O)O)C3O2. The molecule has 1 aromatic carbocycles. The number of aromatic hydroxyl groups is 1. The number of carboxylic acid groups (broad SMARTS) is 1. The lowest BCUT2D eigenvalue weighted by atomic mass is 9.54. The number of piperidine rings is 1. The maximum atomic E-state index is 12.9. The fraction of sp³-hybridized carbons (Fsp3) is 0.560. The monoisotopic (exact) mass is 504 g/mol. The summed E-state index contributed by atoms with van der Waals surface area (Å²) in [7, 11) is 1.93. The summed E-state index contributed by atoms with van der Waals surface area (Å²) in [6.07, 6.45) is -0.593. The van der Waals surface area contributed by atoms with Crippen LogP contribution in [0.1, 0.15) is 44.2 Å². The number of hydrogen-bond donors (Lipinski definition) is 4. The lowest BCUT2D eigenvalue weighted by Gasteiger charge is -2.58. The quantitative estimate of drug-likeness (QED) is 0.403. The lowest BCUT2D eigenvalue weighted by molar-refractivity contribution is -0.172. The van der Waals surface area contributed by atoms with Crippen LogP contribution in [-0.2, 0) is 29.3 Å². The molecule has 0 radical (unpaired) electrons. The molecule has 0 bridgehead atoms. The number of esters is 2. The van der Waals surface area contributed by atoms with Crippen molar-refractivity contribution in [2.75, 3.05) is 13.6 Å². The van der Waals surface area contributed by atoms with Gasteiger partial charge in [0.2, 0.25) is 0 Å². The van der Waals surface area contributed by atoms with Crippen LogP contribution in [0.2, 0.25) is 0 Å². The average Bonchev–Trinajstić information content (AvgIpc) is 3.18.